The lowest BCUT2D eigenvalue weighted by atomic mass is 10.3. The molecule has 21 heavy (non-hydrogen) atoms. The normalized spacial score (nSPS) is 11.9. The number of pyridine rings is 1. The third-order valence-corrected chi connectivity index (χ3v) is 3.46. The number of rotatable bonds is 2. The van der Waals surface area contributed by atoms with E-state index in [0.717, 1.165) is 15.5 Å². The largest absolute Gasteiger partial charge is 0.368 e. The van der Waals surface area contributed by atoms with Crippen molar-refractivity contribution < 1.29 is 18.4 Å². The lowest BCUT2D eigenvalue weighted by molar-refractivity contribution is -0.896. The van der Waals surface area contributed by atoms with E-state index in [1.54, 1.807) is 18.2 Å². The minimum absolute atomic E-state index is 0.0261. The number of sulfone groups is 1. The highest BCUT2D eigenvalue weighted by molar-refractivity contribution is 7.90. The van der Waals surface area contributed by atoms with E-state index in [1.165, 1.54) is 6.20 Å². The summed E-state index contributed by atoms with van der Waals surface area (Å²) in [5, 5.41) is 13.3. The van der Waals surface area contributed by atoms with E-state index in [1.807, 2.05) is 0 Å². The molecule has 0 aliphatic rings. The van der Waals surface area contributed by atoms with Gasteiger partial charge in [0.2, 0.25) is 22.0 Å². The van der Waals surface area contributed by atoms with Crippen LogP contribution in [-0.2, 0) is 9.84 Å². The summed E-state index contributed by atoms with van der Waals surface area (Å²) in [4.78, 5) is 11.5. The molecule has 0 saturated heterocycles. The van der Waals surface area contributed by atoms with Gasteiger partial charge in [0, 0.05) is 23.1 Å². The second-order valence-corrected chi connectivity index (χ2v) is 6.12. The maximum absolute atomic E-state index is 11.5. The van der Waals surface area contributed by atoms with Crippen molar-refractivity contribution >= 4 is 21.6 Å². The zero-order valence-corrected chi connectivity index (χ0v) is 11.6. The molecular weight excluding hydrogens is 298 g/mol. The monoisotopic (exact) mass is 308 g/mol. The smallest absolute Gasteiger partial charge is 0.303 e. The molecule has 3 aromatic rings. The van der Waals surface area contributed by atoms with Gasteiger partial charge in [-0.3, -0.25) is 5.21 Å². The van der Waals surface area contributed by atoms with E-state index in [-0.39, 0.29) is 17.6 Å². The zero-order chi connectivity index (χ0) is 15.2. The molecule has 0 fully saturated rings. The van der Waals surface area contributed by atoms with E-state index in [9.17, 15) is 13.6 Å². The molecule has 3 aromatic heterocycles. The lowest BCUT2D eigenvalue weighted by Gasteiger charge is -1.99. The molecule has 0 amide bonds. The number of hydrogen-bond donors (Lipinski definition) is 2. The summed E-state index contributed by atoms with van der Waals surface area (Å²) in [7, 11) is -3.62. The van der Waals surface area contributed by atoms with Gasteiger partial charge in [-0.25, -0.2) is 8.42 Å². The van der Waals surface area contributed by atoms with Gasteiger partial charge >= 0.3 is 5.69 Å². The lowest BCUT2D eigenvalue weighted by Crippen LogP contribution is -2.32. The summed E-state index contributed by atoms with van der Waals surface area (Å²) in [6.07, 6.45) is 2.37. The van der Waals surface area contributed by atoms with Crippen LogP contribution in [0, 0.1) is 0 Å². The minimum Gasteiger partial charge on any atom is -0.368 e. The van der Waals surface area contributed by atoms with Crippen LogP contribution in [0.3, 0.4) is 0 Å². The van der Waals surface area contributed by atoms with E-state index < -0.39 is 15.0 Å². The SMILES string of the molecule is CS(=O)(=O)c1nc(N)n2nc(-c3cccc[n+]3O)nc2n1. The molecule has 3 rings (SSSR count). The van der Waals surface area contributed by atoms with Crippen LogP contribution in [0.5, 0.6) is 0 Å². The predicted octanol–water partition coefficient (Wildman–Crippen LogP) is -1.30. The number of nitrogens with zero attached hydrogens (tertiary/aromatic N) is 6. The van der Waals surface area contributed by atoms with Crippen molar-refractivity contribution in [3.63, 3.8) is 0 Å². The molecular formula is C10H10N7O3S+. The first-order valence-electron chi connectivity index (χ1n) is 5.67. The summed E-state index contributed by atoms with van der Waals surface area (Å²) in [6.45, 7) is 0. The second kappa shape index (κ2) is 4.34. The number of nitrogen functional groups attached to an aromatic ring is 1. The standard InChI is InChI=1S/C10H10N7O3S/c1-21(19,20)10-13-8(11)17-9(14-10)12-7(15-17)6-4-2-3-5-16(6)18/h2-5,18H,1H3,(H2,11,12,13,14,15)/q+1. The molecule has 3 N–H and O–H groups in total. The maximum atomic E-state index is 11.5. The highest BCUT2D eigenvalue weighted by atomic mass is 32.2. The Hall–Kier alpha value is -2.82. The first-order valence-corrected chi connectivity index (χ1v) is 7.56. The van der Waals surface area contributed by atoms with Crippen LogP contribution in [0.1, 0.15) is 0 Å². The Bertz CT molecular complexity index is 950. The molecule has 0 spiro atoms. The van der Waals surface area contributed by atoms with Gasteiger partial charge in [0.15, 0.2) is 0 Å². The molecule has 0 radical (unpaired) electrons. The van der Waals surface area contributed by atoms with Crippen LogP contribution in [0.4, 0.5) is 5.95 Å². The molecule has 0 aliphatic carbocycles. The van der Waals surface area contributed by atoms with Crippen molar-refractivity contribution in [1.29, 1.82) is 0 Å². The Balaban J connectivity index is 2.26. The van der Waals surface area contributed by atoms with Crippen molar-refractivity contribution in [3.05, 3.63) is 24.4 Å². The fourth-order valence-corrected chi connectivity index (χ4v) is 2.18. The third-order valence-electron chi connectivity index (χ3n) is 2.61. The van der Waals surface area contributed by atoms with Gasteiger partial charge < -0.3 is 5.73 Å². The number of anilines is 1. The summed E-state index contributed by atoms with van der Waals surface area (Å²) >= 11 is 0. The quantitative estimate of drug-likeness (QED) is 0.439. The molecule has 0 saturated carbocycles. The fraction of sp³-hybridized carbons (Fsp3) is 0.100. The van der Waals surface area contributed by atoms with Crippen LogP contribution in [0.2, 0.25) is 0 Å². The molecule has 3 heterocycles. The van der Waals surface area contributed by atoms with Crippen LogP contribution in [0.25, 0.3) is 17.3 Å². The summed E-state index contributed by atoms with van der Waals surface area (Å²) in [5.41, 5.74) is 5.95. The Morgan fingerprint density at radius 1 is 1.29 bits per heavy atom. The zero-order valence-electron chi connectivity index (χ0n) is 10.7. The average Bonchev–Trinajstić information content (AvgIpc) is 2.82. The first-order chi connectivity index (χ1) is 9.86. The van der Waals surface area contributed by atoms with Gasteiger partial charge in [-0.2, -0.15) is 19.5 Å². The van der Waals surface area contributed by atoms with Crippen molar-refractivity contribution in [1.82, 2.24) is 24.6 Å². The van der Waals surface area contributed by atoms with Crippen molar-refractivity contribution in [2.75, 3.05) is 12.0 Å². The molecule has 11 heteroatoms. The van der Waals surface area contributed by atoms with E-state index in [0.29, 0.717) is 5.69 Å². The number of aromatic nitrogens is 6. The van der Waals surface area contributed by atoms with Crippen molar-refractivity contribution in [3.8, 4) is 11.5 Å². The van der Waals surface area contributed by atoms with Gasteiger partial charge in [0.25, 0.3) is 16.8 Å². The summed E-state index contributed by atoms with van der Waals surface area (Å²) in [6, 6.07) is 4.88. The first kappa shape index (κ1) is 13.2. The van der Waals surface area contributed by atoms with E-state index >= 15 is 0 Å². The molecule has 0 aliphatic heterocycles. The average molecular weight is 308 g/mol. The Morgan fingerprint density at radius 3 is 2.71 bits per heavy atom. The Morgan fingerprint density at radius 2 is 2.05 bits per heavy atom. The summed E-state index contributed by atoms with van der Waals surface area (Å²) in [5.74, 6) is -0.0638. The predicted molar refractivity (Wildman–Crippen MR) is 68.9 cm³/mol. The second-order valence-electron chi connectivity index (χ2n) is 4.21. The molecule has 0 bridgehead atoms. The van der Waals surface area contributed by atoms with Crippen LogP contribution in [-0.4, -0.2) is 44.4 Å². The van der Waals surface area contributed by atoms with Crippen LogP contribution < -0.4 is 10.5 Å². The maximum Gasteiger partial charge on any atom is 0.303 e. The van der Waals surface area contributed by atoms with Gasteiger partial charge in [0.05, 0.1) is 0 Å². The van der Waals surface area contributed by atoms with Crippen molar-refractivity contribution in [2.24, 2.45) is 0 Å². The van der Waals surface area contributed by atoms with Gasteiger partial charge in [0.1, 0.15) is 0 Å². The Labute approximate surface area is 118 Å². The van der Waals surface area contributed by atoms with E-state index in [4.69, 9.17) is 5.73 Å². The highest BCUT2D eigenvalue weighted by Gasteiger charge is 2.21. The summed E-state index contributed by atoms with van der Waals surface area (Å²) < 4.78 is 24.9. The van der Waals surface area contributed by atoms with Gasteiger partial charge in [-0.05, 0) is 6.07 Å². The molecule has 108 valence electrons. The number of fused-ring (bicyclic) bond motifs is 1. The highest BCUT2D eigenvalue weighted by Crippen LogP contribution is 2.13. The number of hydrogen-bond acceptors (Lipinski definition) is 8. The fourth-order valence-electron chi connectivity index (χ4n) is 1.67. The third kappa shape index (κ3) is 2.23. The van der Waals surface area contributed by atoms with Crippen LogP contribution in [0.15, 0.2) is 29.6 Å². The van der Waals surface area contributed by atoms with Gasteiger partial charge in [-0.15, -0.1) is 5.10 Å². The molecule has 0 aromatic carbocycles. The minimum atomic E-state index is -3.62. The van der Waals surface area contributed by atoms with Gasteiger partial charge in [-0.1, -0.05) is 0 Å². The topological polar surface area (TPSA) is 140 Å². The van der Waals surface area contributed by atoms with E-state index in [2.05, 4.69) is 20.1 Å². The Kier molecular flexibility index (Phi) is 2.73. The molecule has 10 nitrogen and oxygen atoms in total. The van der Waals surface area contributed by atoms with Crippen LogP contribution >= 0.6 is 0 Å². The molecule has 0 atom stereocenters. The number of nitrogens with two attached hydrogens (primary N) is 1. The molecule has 0 unspecified atom stereocenters. The van der Waals surface area contributed by atoms with Crippen molar-refractivity contribution in [2.45, 2.75) is 5.16 Å².